The molecule has 1 N–H and O–H groups in total. The van der Waals surface area contributed by atoms with Gasteiger partial charge in [0.25, 0.3) is 0 Å². The van der Waals surface area contributed by atoms with Gasteiger partial charge in [0.15, 0.2) is 0 Å². The molecule has 0 spiro atoms. The van der Waals surface area contributed by atoms with E-state index in [0.717, 1.165) is 26.3 Å². The first-order valence-corrected chi connectivity index (χ1v) is 5.93. The summed E-state index contributed by atoms with van der Waals surface area (Å²) in [4.78, 5) is 0. The highest BCUT2D eigenvalue weighted by Gasteiger charge is 1.88. The van der Waals surface area contributed by atoms with Crippen molar-refractivity contribution in [3.8, 4) is 0 Å². The van der Waals surface area contributed by atoms with Gasteiger partial charge in [-0.25, -0.2) is 0 Å². The normalized spacial score (nSPS) is 10.5. The molecule has 0 atom stereocenters. The number of hydrogen-bond donors (Lipinski definition) is 1. The van der Waals surface area contributed by atoms with Crippen LogP contribution in [0.2, 0.25) is 0 Å². The summed E-state index contributed by atoms with van der Waals surface area (Å²) in [6.45, 7) is 8.01. The zero-order valence-corrected chi connectivity index (χ0v) is 9.08. The average molecular weight is 191 g/mol. The Balaban J connectivity index is 2.73. The van der Waals surface area contributed by atoms with Crippen LogP contribution in [0.15, 0.2) is 0 Å². The Morgan fingerprint density at radius 2 is 2.08 bits per heavy atom. The fourth-order valence-corrected chi connectivity index (χ4v) is 1.49. The third kappa shape index (κ3) is 10.3. The first-order valence-electron chi connectivity index (χ1n) is 4.78. The minimum absolute atomic E-state index is 0.827. The van der Waals surface area contributed by atoms with Crippen molar-refractivity contribution in [3.63, 3.8) is 0 Å². The Labute approximate surface area is 80.4 Å². The van der Waals surface area contributed by atoms with Crippen LogP contribution in [-0.4, -0.2) is 37.8 Å². The summed E-state index contributed by atoms with van der Waals surface area (Å²) in [6, 6.07) is 0. The maximum atomic E-state index is 5.19. The average Bonchev–Trinajstić information content (AvgIpc) is 2.10. The molecule has 0 aliphatic rings. The number of thioether (sulfide) groups is 1. The van der Waals surface area contributed by atoms with Crippen molar-refractivity contribution in [1.82, 2.24) is 5.32 Å². The van der Waals surface area contributed by atoms with E-state index in [1.165, 1.54) is 17.9 Å². The lowest BCUT2D eigenvalue weighted by Gasteiger charge is -2.03. The van der Waals surface area contributed by atoms with Gasteiger partial charge in [0.2, 0.25) is 0 Å². The van der Waals surface area contributed by atoms with Crippen molar-refractivity contribution in [1.29, 1.82) is 0 Å². The van der Waals surface area contributed by atoms with E-state index in [1.807, 2.05) is 18.7 Å². The fraction of sp³-hybridized carbons (Fsp3) is 1.00. The predicted octanol–water partition coefficient (Wildman–Crippen LogP) is 1.76. The van der Waals surface area contributed by atoms with Gasteiger partial charge in [0.1, 0.15) is 0 Å². The fourth-order valence-electron chi connectivity index (χ4n) is 0.857. The Morgan fingerprint density at radius 3 is 2.75 bits per heavy atom. The lowest BCUT2D eigenvalue weighted by atomic mass is 10.5. The molecule has 3 heteroatoms. The van der Waals surface area contributed by atoms with Gasteiger partial charge in [-0.3, -0.25) is 0 Å². The van der Waals surface area contributed by atoms with E-state index in [9.17, 15) is 0 Å². The van der Waals surface area contributed by atoms with Crippen molar-refractivity contribution in [3.05, 3.63) is 0 Å². The summed E-state index contributed by atoms with van der Waals surface area (Å²) >= 11 is 2.01. The van der Waals surface area contributed by atoms with Crippen LogP contribution >= 0.6 is 11.8 Å². The Bertz CT molecular complexity index is 70.9. The van der Waals surface area contributed by atoms with Crippen molar-refractivity contribution >= 4 is 11.8 Å². The van der Waals surface area contributed by atoms with E-state index in [1.54, 1.807) is 0 Å². The molecule has 0 amide bonds. The van der Waals surface area contributed by atoms with Crippen molar-refractivity contribution in [2.45, 2.75) is 20.3 Å². The van der Waals surface area contributed by atoms with E-state index < -0.39 is 0 Å². The maximum absolute atomic E-state index is 5.19. The van der Waals surface area contributed by atoms with Crippen LogP contribution in [0.4, 0.5) is 0 Å². The van der Waals surface area contributed by atoms with Gasteiger partial charge in [-0.1, -0.05) is 6.92 Å². The standard InChI is InChI=1S/C9H21NOS/c1-3-11-8-7-10-6-5-9-12-4-2/h10H,3-9H2,1-2H3. The van der Waals surface area contributed by atoms with Gasteiger partial charge in [-0.2, -0.15) is 11.8 Å². The molecule has 0 aliphatic carbocycles. The van der Waals surface area contributed by atoms with Crippen LogP contribution < -0.4 is 5.32 Å². The van der Waals surface area contributed by atoms with Gasteiger partial charge in [-0.15, -0.1) is 0 Å². The topological polar surface area (TPSA) is 21.3 Å². The summed E-state index contributed by atoms with van der Waals surface area (Å²) in [5.74, 6) is 2.51. The monoisotopic (exact) mass is 191 g/mol. The van der Waals surface area contributed by atoms with Gasteiger partial charge in [0.05, 0.1) is 6.61 Å². The predicted molar refractivity (Wildman–Crippen MR) is 57.0 cm³/mol. The SMILES string of the molecule is CCOCCNCCCSCC. The number of ether oxygens (including phenoxy) is 1. The Morgan fingerprint density at radius 1 is 1.25 bits per heavy atom. The van der Waals surface area contributed by atoms with Crippen LogP contribution in [0.25, 0.3) is 0 Å². The Kier molecular flexibility index (Phi) is 11.5. The minimum Gasteiger partial charge on any atom is -0.380 e. The molecule has 2 nitrogen and oxygen atoms in total. The molecular formula is C9H21NOS. The van der Waals surface area contributed by atoms with E-state index in [2.05, 4.69) is 12.2 Å². The Hall–Kier alpha value is 0.270. The van der Waals surface area contributed by atoms with Crippen LogP contribution in [0.5, 0.6) is 0 Å². The molecule has 0 rings (SSSR count). The van der Waals surface area contributed by atoms with E-state index in [0.29, 0.717) is 0 Å². The molecular weight excluding hydrogens is 170 g/mol. The second kappa shape index (κ2) is 11.3. The van der Waals surface area contributed by atoms with Crippen molar-refractivity contribution < 1.29 is 4.74 Å². The van der Waals surface area contributed by atoms with Crippen LogP contribution in [0.3, 0.4) is 0 Å². The van der Waals surface area contributed by atoms with E-state index >= 15 is 0 Å². The number of rotatable bonds is 9. The number of hydrogen-bond acceptors (Lipinski definition) is 3. The third-order valence-electron chi connectivity index (χ3n) is 1.47. The van der Waals surface area contributed by atoms with Crippen molar-refractivity contribution in [2.24, 2.45) is 0 Å². The highest BCUT2D eigenvalue weighted by Crippen LogP contribution is 1.99. The number of nitrogens with one attached hydrogen (secondary N) is 1. The summed E-state index contributed by atoms with van der Waals surface area (Å²) in [6.07, 6.45) is 1.27. The third-order valence-corrected chi connectivity index (χ3v) is 2.46. The molecule has 0 unspecified atom stereocenters. The molecule has 0 saturated heterocycles. The van der Waals surface area contributed by atoms with Gasteiger partial charge < -0.3 is 10.1 Å². The van der Waals surface area contributed by atoms with Gasteiger partial charge in [-0.05, 0) is 31.4 Å². The lowest BCUT2D eigenvalue weighted by molar-refractivity contribution is 0.149. The summed E-state index contributed by atoms with van der Waals surface area (Å²) in [5.41, 5.74) is 0. The smallest absolute Gasteiger partial charge is 0.0590 e. The summed E-state index contributed by atoms with van der Waals surface area (Å²) < 4.78 is 5.19. The second-order valence-corrected chi connectivity index (χ2v) is 3.89. The van der Waals surface area contributed by atoms with E-state index in [4.69, 9.17) is 4.74 Å². The molecule has 0 bridgehead atoms. The van der Waals surface area contributed by atoms with Crippen molar-refractivity contribution in [2.75, 3.05) is 37.8 Å². The molecule has 74 valence electrons. The zero-order valence-electron chi connectivity index (χ0n) is 8.27. The zero-order chi connectivity index (χ0) is 9.07. The first-order chi connectivity index (χ1) is 5.91. The highest BCUT2D eigenvalue weighted by molar-refractivity contribution is 7.99. The quantitative estimate of drug-likeness (QED) is 0.561. The highest BCUT2D eigenvalue weighted by atomic mass is 32.2. The summed E-state index contributed by atoms with van der Waals surface area (Å²) in [7, 11) is 0. The molecule has 0 aromatic carbocycles. The van der Waals surface area contributed by atoms with Crippen LogP contribution in [-0.2, 0) is 4.74 Å². The molecule has 0 radical (unpaired) electrons. The minimum atomic E-state index is 0.827. The molecule has 12 heavy (non-hydrogen) atoms. The molecule has 0 heterocycles. The van der Waals surface area contributed by atoms with Crippen LogP contribution in [0, 0.1) is 0 Å². The van der Waals surface area contributed by atoms with Gasteiger partial charge >= 0.3 is 0 Å². The first kappa shape index (κ1) is 12.3. The molecule has 0 saturated carbocycles. The molecule has 0 fully saturated rings. The largest absolute Gasteiger partial charge is 0.380 e. The maximum Gasteiger partial charge on any atom is 0.0590 e. The molecule has 0 aliphatic heterocycles. The molecule has 0 aromatic heterocycles. The summed E-state index contributed by atoms with van der Waals surface area (Å²) in [5, 5.41) is 3.34. The van der Waals surface area contributed by atoms with Crippen LogP contribution in [0.1, 0.15) is 20.3 Å². The van der Waals surface area contributed by atoms with E-state index in [-0.39, 0.29) is 0 Å². The lowest BCUT2D eigenvalue weighted by Crippen LogP contribution is -2.21. The van der Waals surface area contributed by atoms with Gasteiger partial charge in [0, 0.05) is 13.2 Å². The second-order valence-electron chi connectivity index (χ2n) is 2.50. The molecule has 0 aromatic rings.